The van der Waals surface area contributed by atoms with Crippen LogP contribution in [0.25, 0.3) is 0 Å². The Balaban J connectivity index is 1.52. The molecule has 0 aliphatic rings. The van der Waals surface area contributed by atoms with Crippen molar-refractivity contribution < 1.29 is 14.0 Å². The maximum absolute atomic E-state index is 13.0. The molecule has 31 heavy (non-hydrogen) atoms. The van der Waals surface area contributed by atoms with Crippen molar-refractivity contribution in [3.63, 3.8) is 0 Å². The van der Waals surface area contributed by atoms with Gasteiger partial charge in [-0.2, -0.15) is 0 Å². The number of aryl methyl sites for hydroxylation is 1. The van der Waals surface area contributed by atoms with E-state index >= 15 is 0 Å². The monoisotopic (exact) mass is 439 g/mol. The number of halogens is 1. The van der Waals surface area contributed by atoms with E-state index in [1.54, 1.807) is 28.4 Å². The van der Waals surface area contributed by atoms with E-state index in [4.69, 9.17) is 0 Å². The molecule has 0 atom stereocenters. The smallest absolute Gasteiger partial charge is 0.315 e. The summed E-state index contributed by atoms with van der Waals surface area (Å²) in [7, 11) is 0. The highest BCUT2D eigenvalue weighted by molar-refractivity contribution is 7.11. The molecule has 7 heteroatoms. The average Bonchev–Trinajstić information content (AvgIpc) is 3.20. The summed E-state index contributed by atoms with van der Waals surface area (Å²) in [5.74, 6) is -0.464. The molecule has 162 valence electrons. The van der Waals surface area contributed by atoms with Crippen LogP contribution in [-0.2, 0) is 24.3 Å². The van der Waals surface area contributed by atoms with Crippen molar-refractivity contribution in [1.29, 1.82) is 0 Å². The van der Waals surface area contributed by atoms with E-state index in [1.165, 1.54) is 17.0 Å². The average molecular weight is 440 g/mol. The molecule has 0 radical (unpaired) electrons. The van der Waals surface area contributed by atoms with Crippen molar-refractivity contribution in [3.05, 3.63) is 93.4 Å². The summed E-state index contributed by atoms with van der Waals surface area (Å²) >= 11 is 1.67. The van der Waals surface area contributed by atoms with Gasteiger partial charge >= 0.3 is 6.03 Å². The molecule has 1 heterocycles. The van der Waals surface area contributed by atoms with Gasteiger partial charge in [0.2, 0.25) is 5.91 Å². The largest absolute Gasteiger partial charge is 0.336 e. The van der Waals surface area contributed by atoms with Crippen LogP contribution in [0, 0.1) is 12.7 Å². The van der Waals surface area contributed by atoms with E-state index in [9.17, 15) is 14.0 Å². The molecule has 5 nitrogen and oxygen atoms in total. The van der Waals surface area contributed by atoms with Gasteiger partial charge in [0.25, 0.3) is 0 Å². The van der Waals surface area contributed by atoms with E-state index in [1.807, 2.05) is 49.4 Å². The number of hydrogen-bond donors (Lipinski definition) is 2. The molecule has 3 amide bonds. The van der Waals surface area contributed by atoms with Crippen molar-refractivity contribution in [2.45, 2.75) is 26.4 Å². The van der Waals surface area contributed by atoms with Gasteiger partial charge < -0.3 is 15.5 Å². The molecule has 0 aliphatic heterocycles. The fourth-order valence-corrected chi connectivity index (χ4v) is 3.98. The van der Waals surface area contributed by atoms with Crippen LogP contribution >= 0.6 is 11.3 Å². The fraction of sp³-hybridized carbons (Fsp3) is 0.250. The fourth-order valence-electron chi connectivity index (χ4n) is 3.07. The van der Waals surface area contributed by atoms with Crippen molar-refractivity contribution in [2.24, 2.45) is 0 Å². The van der Waals surface area contributed by atoms with E-state index in [2.05, 4.69) is 10.6 Å². The van der Waals surface area contributed by atoms with Crippen molar-refractivity contribution in [3.8, 4) is 0 Å². The van der Waals surface area contributed by atoms with Gasteiger partial charge in [-0.1, -0.05) is 42.5 Å². The Bertz CT molecular complexity index is 990. The molecule has 0 unspecified atom stereocenters. The third kappa shape index (κ3) is 7.53. The number of rotatable bonds is 9. The summed E-state index contributed by atoms with van der Waals surface area (Å²) < 4.78 is 13.0. The van der Waals surface area contributed by atoms with Crippen LogP contribution in [-0.4, -0.2) is 29.9 Å². The normalized spacial score (nSPS) is 10.5. The lowest BCUT2D eigenvalue weighted by molar-refractivity contribution is -0.130. The van der Waals surface area contributed by atoms with E-state index in [-0.39, 0.29) is 24.8 Å². The molecule has 0 saturated heterocycles. The van der Waals surface area contributed by atoms with Crippen LogP contribution in [0.15, 0.2) is 66.7 Å². The van der Waals surface area contributed by atoms with Gasteiger partial charge in [0, 0.05) is 22.8 Å². The van der Waals surface area contributed by atoms with E-state index < -0.39 is 6.03 Å². The first kappa shape index (κ1) is 22.5. The predicted molar refractivity (Wildman–Crippen MR) is 121 cm³/mol. The van der Waals surface area contributed by atoms with Gasteiger partial charge in [0.15, 0.2) is 0 Å². The molecular formula is C24H26FN3O2S. The summed E-state index contributed by atoms with van der Waals surface area (Å²) in [5.41, 5.74) is 1.94. The second-order valence-electron chi connectivity index (χ2n) is 7.23. The number of carbonyl (C=O) groups excluding carboxylic acids is 2. The summed E-state index contributed by atoms with van der Waals surface area (Å²) in [6, 6.07) is 19.6. The lowest BCUT2D eigenvalue weighted by atomic mass is 10.1. The minimum Gasteiger partial charge on any atom is -0.336 e. The maximum atomic E-state index is 13.0. The van der Waals surface area contributed by atoms with Crippen LogP contribution in [0.1, 0.15) is 20.9 Å². The third-order valence-corrected chi connectivity index (χ3v) is 5.76. The molecule has 0 saturated carbocycles. The molecule has 0 bridgehead atoms. The van der Waals surface area contributed by atoms with Crippen LogP contribution < -0.4 is 10.6 Å². The summed E-state index contributed by atoms with van der Waals surface area (Å²) in [4.78, 5) is 29.0. The zero-order chi connectivity index (χ0) is 22.1. The standard InChI is InChI=1S/C24H26FN3O2S/c1-18-7-12-22(31-18)17-28(14-13-19-5-3-2-4-6-19)23(29)16-27-24(30)26-15-20-8-10-21(25)11-9-20/h2-12H,13-17H2,1H3,(H2,26,27,30). The number of thiophene rings is 1. The zero-order valence-electron chi connectivity index (χ0n) is 17.4. The highest BCUT2D eigenvalue weighted by atomic mass is 32.1. The molecule has 0 fully saturated rings. The summed E-state index contributed by atoms with van der Waals surface area (Å²) in [6.45, 7) is 3.29. The molecule has 2 aromatic carbocycles. The number of amides is 3. The molecule has 2 N–H and O–H groups in total. The van der Waals surface area contributed by atoms with Gasteiger partial charge in [0.1, 0.15) is 5.82 Å². The number of carbonyl (C=O) groups is 2. The van der Waals surface area contributed by atoms with E-state index in [0.717, 1.165) is 22.4 Å². The lowest BCUT2D eigenvalue weighted by Gasteiger charge is -2.22. The van der Waals surface area contributed by atoms with Crippen molar-refractivity contribution in [1.82, 2.24) is 15.5 Å². The highest BCUT2D eigenvalue weighted by Gasteiger charge is 2.16. The molecule has 1 aromatic heterocycles. The van der Waals surface area contributed by atoms with Gasteiger partial charge in [-0.15, -0.1) is 11.3 Å². The Kier molecular flexibility index (Phi) is 8.18. The second-order valence-corrected chi connectivity index (χ2v) is 8.60. The number of urea groups is 1. The lowest BCUT2D eigenvalue weighted by Crippen LogP contribution is -2.43. The van der Waals surface area contributed by atoms with Crippen molar-refractivity contribution >= 4 is 23.3 Å². The van der Waals surface area contributed by atoms with E-state index in [0.29, 0.717) is 13.1 Å². The summed E-state index contributed by atoms with van der Waals surface area (Å²) in [5, 5.41) is 5.30. The number of nitrogens with one attached hydrogen (secondary N) is 2. The second kappa shape index (κ2) is 11.3. The van der Waals surface area contributed by atoms with Crippen LogP contribution in [0.5, 0.6) is 0 Å². The first-order valence-electron chi connectivity index (χ1n) is 10.1. The Morgan fingerprint density at radius 1 is 0.935 bits per heavy atom. The van der Waals surface area contributed by atoms with Gasteiger partial charge in [-0.25, -0.2) is 9.18 Å². The Hall–Kier alpha value is -3.19. The topological polar surface area (TPSA) is 61.4 Å². The molecular weight excluding hydrogens is 413 g/mol. The quantitative estimate of drug-likeness (QED) is 0.523. The zero-order valence-corrected chi connectivity index (χ0v) is 18.3. The van der Waals surface area contributed by atoms with Gasteiger partial charge in [0.05, 0.1) is 13.1 Å². The number of benzene rings is 2. The molecule has 0 aliphatic carbocycles. The first-order chi connectivity index (χ1) is 15.0. The molecule has 0 spiro atoms. The SMILES string of the molecule is Cc1ccc(CN(CCc2ccccc2)C(=O)CNC(=O)NCc2ccc(F)cc2)s1. The van der Waals surface area contributed by atoms with Gasteiger partial charge in [-0.3, -0.25) is 4.79 Å². The van der Waals surface area contributed by atoms with Crippen LogP contribution in [0.4, 0.5) is 9.18 Å². The summed E-state index contributed by atoms with van der Waals surface area (Å²) in [6.07, 6.45) is 0.744. The third-order valence-electron chi connectivity index (χ3n) is 4.78. The Labute approximate surface area is 185 Å². The Morgan fingerprint density at radius 2 is 1.68 bits per heavy atom. The predicted octanol–water partition coefficient (Wildman–Crippen LogP) is 4.27. The molecule has 3 rings (SSSR count). The first-order valence-corrected chi connectivity index (χ1v) is 10.9. The maximum Gasteiger partial charge on any atom is 0.315 e. The molecule has 3 aromatic rings. The Morgan fingerprint density at radius 3 is 2.35 bits per heavy atom. The van der Waals surface area contributed by atoms with Crippen LogP contribution in [0.3, 0.4) is 0 Å². The van der Waals surface area contributed by atoms with Gasteiger partial charge in [-0.05, 0) is 48.7 Å². The number of hydrogen-bond acceptors (Lipinski definition) is 3. The highest BCUT2D eigenvalue weighted by Crippen LogP contribution is 2.17. The van der Waals surface area contributed by atoms with Crippen LogP contribution in [0.2, 0.25) is 0 Å². The number of nitrogens with zero attached hydrogens (tertiary/aromatic N) is 1. The van der Waals surface area contributed by atoms with Crippen molar-refractivity contribution in [2.75, 3.05) is 13.1 Å². The minimum absolute atomic E-state index is 0.0889. The minimum atomic E-state index is -0.437.